The number of carbonyl (C=O) groups excluding carboxylic acids is 1. The zero-order valence-corrected chi connectivity index (χ0v) is 15.7. The molecule has 1 aromatic heterocycles. The number of carboxylic acid groups (broad SMARTS) is 1. The van der Waals surface area contributed by atoms with Gasteiger partial charge in [0, 0.05) is 19.6 Å². The van der Waals surface area contributed by atoms with E-state index in [1.807, 2.05) is 37.3 Å². The van der Waals surface area contributed by atoms with Crippen molar-refractivity contribution in [2.45, 2.75) is 38.6 Å². The zero-order valence-electron chi connectivity index (χ0n) is 14.9. The number of likely N-dealkylation sites (tertiary alicyclic amines) is 1. The van der Waals surface area contributed by atoms with Crippen molar-refractivity contribution < 1.29 is 14.7 Å². The Morgan fingerprint density at radius 3 is 2.35 bits per heavy atom. The predicted octanol–water partition coefficient (Wildman–Crippen LogP) is 3.12. The Balaban J connectivity index is 1.83. The molecular weight excluding hydrogens is 354 g/mol. The van der Waals surface area contributed by atoms with Crippen LogP contribution in [0.15, 0.2) is 30.3 Å². The first-order chi connectivity index (χ1) is 12.4. The van der Waals surface area contributed by atoms with E-state index in [-0.39, 0.29) is 5.91 Å². The van der Waals surface area contributed by atoms with E-state index in [2.05, 4.69) is 5.10 Å². The number of carboxylic acids is 1. The lowest BCUT2D eigenvalue weighted by Crippen LogP contribution is -2.49. The molecule has 2 aromatic rings. The highest BCUT2D eigenvalue weighted by Crippen LogP contribution is 2.36. The highest BCUT2D eigenvalue weighted by atomic mass is 35.5. The van der Waals surface area contributed by atoms with E-state index in [9.17, 15) is 14.7 Å². The van der Waals surface area contributed by atoms with E-state index >= 15 is 0 Å². The number of piperidine rings is 1. The van der Waals surface area contributed by atoms with Crippen LogP contribution in [-0.4, -0.2) is 44.8 Å². The van der Waals surface area contributed by atoms with E-state index in [4.69, 9.17) is 11.6 Å². The highest BCUT2D eigenvalue weighted by Gasteiger charge is 2.44. The van der Waals surface area contributed by atoms with Crippen molar-refractivity contribution >= 4 is 23.5 Å². The number of aliphatic carboxylic acids is 1. The summed E-state index contributed by atoms with van der Waals surface area (Å²) in [6.07, 6.45) is 0.743. The minimum Gasteiger partial charge on any atom is -0.481 e. The lowest BCUT2D eigenvalue weighted by Gasteiger charge is -2.39. The van der Waals surface area contributed by atoms with Crippen molar-refractivity contribution in [3.05, 3.63) is 52.3 Å². The van der Waals surface area contributed by atoms with Crippen LogP contribution in [0.5, 0.6) is 0 Å². The van der Waals surface area contributed by atoms with Crippen LogP contribution in [0.2, 0.25) is 5.15 Å². The molecule has 7 heteroatoms. The molecule has 2 heterocycles. The summed E-state index contributed by atoms with van der Waals surface area (Å²) in [6, 6.07) is 9.25. The second kappa shape index (κ2) is 7.11. The van der Waals surface area contributed by atoms with Gasteiger partial charge in [0.1, 0.15) is 5.15 Å². The first-order valence-electron chi connectivity index (χ1n) is 8.72. The van der Waals surface area contributed by atoms with Gasteiger partial charge in [0.05, 0.1) is 16.7 Å². The summed E-state index contributed by atoms with van der Waals surface area (Å²) in [5, 5.41) is 14.5. The summed E-state index contributed by atoms with van der Waals surface area (Å²) in [5.41, 5.74) is 0.841. The van der Waals surface area contributed by atoms with Crippen LogP contribution < -0.4 is 0 Å². The van der Waals surface area contributed by atoms with Crippen molar-refractivity contribution in [2.75, 3.05) is 13.1 Å². The van der Waals surface area contributed by atoms with Gasteiger partial charge in [-0.15, -0.1) is 0 Å². The number of rotatable bonds is 4. The monoisotopic (exact) mass is 375 g/mol. The summed E-state index contributed by atoms with van der Waals surface area (Å²) in [6.45, 7) is 5.00. The first kappa shape index (κ1) is 18.5. The number of nitrogens with zero attached hydrogens (tertiary/aromatic N) is 3. The van der Waals surface area contributed by atoms with Gasteiger partial charge in [-0.1, -0.05) is 41.9 Å². The maximum Gasteiger partial charge on any atom is 0.314 e. The van der Waals surface area contributed by atoms with Crippen LogP contribution in [0.25, 0.3) is 0 Å². The SMILES string of the molecule is CCn1nc(C)c(C(=O)N2CCC(C(=O)O)(c3ccccc3)CC2)c1Cl. The average molecular weight is 376 g/mol. The minimum atomic E-state index is -0.954. The molecular formula is C19H22ClN3O3. The minimum absolute atomic E-state index is 0.181. The van der Waals surface area contributed by atoms with Gasteiger partial charge < -0.3 is 10.0 Å². The largest absolute Gasteiger partial charge is 0.481 e. The quantitative estimate of drug-likeness (QED) is 0.890. The normalized spacial score (nSPS) is 16.5. The van der Waals surface area contributed by atoms with Crippen LogP contribution in [0.4, 0.5) is 0 Å². The summed E-state index contributed by atoms with van der Waals surface area (Å²) in [5.74, 6) is -1.02. The van der Waals surface area contributed by atoms with Gasteiger partial charge in [0.25, 0.3) is 5.91 Å². The second-order valence-electron chi connectivity index (χ2n) is 6.61. The van der Waals surface area contributed by atoms with Crippen LogP contribution in [0.1, 0.15) is 41.4 Å². The molecule has 6 nitrogen and oxygen atoms in total. The Bertz CT molecular complexity index is 824. The Hall–Kier alpha value is -2.34. The van der Waals surface area contributed by atoms with Crippen molar-refractivity contribution in [2.24, 2.45) is 0 Å². The van der Waals surface area contributed by atoms with Gasteiger partial charge >= 0.3 is 5.97 Å². The van der Waals surface area contributed by atoms with E-state index in [1.54, 1.807) is 16.5 Å². The molecule has 0 saturated carbocycles. The molecule has 1 N–H and O–H groups in total. The molecule has 0 bridgehead atoms. The van der Waals surface area contributed by atoms with E-state index in [1.165, 1.54) is 0 Å². The molecule has 26 heavy (non-hydrogen) atoms. The summed E-state index contributed by atoms with van der Waals surface area (Å²) < 4.78 is 1.60. The predicted molar refractivity (Wildman–Crippen MR) is 98.5 cm³/mol. The molecule has 3 rings (SSSR count). The molecule has 0 atom stereocenters. The molecule has 0 unspecified atom stereocenters. The molecule has 0 spiro atoms. The van der Waals surface area contributed by atoms with Crippen molar-refractivity contribution in [1.29, 1.82) is 0 Å². The van der Waals surface area contributed by atoms with Gasteiger partial charge in [0.15, 0.2) is 0 Å². The number of aryl methyl sites for hydroxylation is 2. The molecule has 1 amide bonds. The Morgan fingerprint density at radius 2 is 1.85 bits per heavy atom. The van der Waals surface area contributed by atoms with Gasteiger partial charge in [-0.05, 0) is 32.3 Å². The van der Waals surface area contributed by atoms with Crippen LogP contribution in [0, 0.1) is 6.92 Å². The number of amides is 1. The third kappa shape index (κ3) is 2.98. The third-order valence-electron chi connectivity index (χ3n) is 5.22. The highest BCUT2D eigenvalue weighted by molar-refractivity contribution is 6.33. The molecule has 0 radical (unpaired) electrons. The molecule has 1 fully saturated rings. The van der Waals surface area contributed by atoms with Crippen molar-refractivity contribution in [1.82, 2.24) is 14.7 Å². The molecule has 1 aromatic carbocycles. The molecule has 1 saturated heterocycles. The fourth-order valence-corrected chi connectivity index (χ4v) is 4.01. The van der Waals surface area contributed by atoms with Crippen LogP contribution >= 0.6 is 11.6 Å². The van der Waals surface area contributed by atoms with Gasteiger partial charge in [-0.2, -0.15) is 5.10 Å². The summed E-state index contributed by atoms with van der Waals surface area (Å²) in [7, 11) is 0. The van der Waals surface area contributed by atoms with E-state index < -0.39 is 11.4 Å². The number of benzene rings is 1. The Kier molecular flexibility index (Phi) is 5.05. The Morgan fingerprint density at radius 1 is 1.23 bits per heavy atom. The number of hydrogen-bond acceptors (Lipinski definition) is 3. The van der Waals surface area contributed by atoms with E-state index in [0.717, 1.165) is 5.56 Å². The number of hydrogen-bond donors (Lipinski definition) is 1. The molecule has 1 aliphatic heterocycles. The molecule has 1 aliphatic rings. The van der Waals surface area contributed by atoms with Gasteiger partial charge in [-0.25, -0.2) is 0 Å². The topological polar surface area (TPSA) is 75.4 Å². The van der Waals surface area contributed by atoms with Crippen molar-refractivity contribution in [3.8, 4) is 0 Å². The van der Waals surface area contributed by atoms with Gasteiger partial charge in [0.2, 0.25) is 0 Å². The number of halogens is 1. The van der Waals surface area contributed by atoms with Crippen LogP contribution in [0.3, 0.4) is 0 Å². The number of carbonyl (C=O) groups is 2. The van der Waals surface area contributed by atoms with Crippen LogP contribution in [-0.2, 0) is 16.8 Å². The first-order valence-corrected chi connectivity index (χ1v) is 9.09. The summed E-state index contributed by atoms with van der Waals surface area (Å²) in [4.78, 5) is 26.6. The summed E-state index contributed by atoms with van der Waals surface area (Å²) >= 11 is 6.31. The number of aromatic nitrogens is 2. The van der Waals surface area contributed by atoms with Gasteiger partial charge in [-0.3, -0.25) is 14.3 Å². The second-order valence-corrected chi connectivity index (χ2v) is 6.97. The fraction of sp³-hybridized carbons (Fsp3) is 0.421. The van der Waals surface area contributed by atoms with E-state index in [0.29, 0.717) is 48.9 Å². The lowest BCUT2D eigenvalue weighted by molar-refractivity contribution is -0.145. The maximum absolute atomic E-state index is 12.9. The standard InChI is InChI=1S/C19H22ClN3O3/c1-3-23-16(20)15(13(2)21-23)17(24)22-11-9-19(10-12-22,18(25)26)14-7-5-4-6-8-14/h4-8H,3,9-12H2,1-2H3,(H,25,26). The zero-order chi connectivity index (χ0) is 18.9. The lowest BCUT2D eigenvalue weighted by atomic mass is 9.73. The average Bonchev–Trinajstić information content (AvgIpc) is 2.95. The van der Waals surface area contributed by atoms with Crippen molar-refractivity contribution in [3.63, 3.8) is 0 Å². The third-order valence-corrected chi connectivity index (χ3v) is 5.60. The Labute approximate surface area is 157 Å². The maximum atomic E-state index is 12.9. The molecule has 0 aliphatic carbocycles. The smallest absolute Gasteiger partial charge is 0.314 e. The fourth-order valence-electron chi connectivity index (χ4n) is 3.64. The molecule has 138 valence electrons.